The van der Waals surface area contributed by atoms with Gasteiger partial charge in [0.25, 0.3) is 0 Å². The van der Waals surface area contributed by atoms with E-state index < -0.39 is 5.97 Å². The molecule has 2 N–H and O–H groups in total. The standard InChI is InChI=1S/C20H22O6/c1-4-5-16-17(9-8-15(12(2)21)19(16)22)26-11-14-7-6-13(20(23)24)10-18(14)25-3/h6-10,22H,4-5,11H2,1-3H3,(H,23,24). The van der Waals surface area contributed by atoms with Gasteiger partial charge in [-0.25, -0.2) is 4.79 Å². The summed E-state index contributed by atoms with van der Waals surface area (Å²) in [5, 5.41) is 19.4. The maximum absolute atomic E-state index is 11.6. The van der Waals surface area contributed by atoms with Crippen LogP contribution in [0.15, 0.2) is 30.3 Å². The van der Waals surface area contributed by atoms with Crippen LogP contribution in [-0.4, -0.2) is 29.1 Å². The molecule has 0 radical (unpaired) electrons. The van der Waals surface area contributed by atoms with E-state index in [1.165, 1.54) is 32.2 Å². The average Bonchev–Trinajstić information content (AvgIpc) is 2.61. The molecular formula is C20H22O6. The van der Waals surface area contributed by atoms with E-state index in [0.29, 0.717) is 29.0 Å². The summed E-state index contributed by atoms with van der Waals surface area (Å²) in [7, 11) is 1.46. The van der Waals surface area contributed by atoms with Gasteiger partial charge in [0.1, 0.15) is 23.9 Å². The lowest BCUT2D eigenvalue weighted by Crippen LogP contribution is -2.05. The molecule has 138 valence electrons. The Labute approximate surface area is 152 Å². The normalized spacial score (nSPS) is 10.4. The summed E-state index contributed by atoms with van der Waals surface area (Å²) in [5.41, 5.74) is 1.65. The van der Waals surface area contributed by atoms with Crippen LogP contribution in [0.5, 0.6) is 17.2 Å². The first-order valence-corrected chi connectivity index (χ1v) is 8.27. The zero-order valence-corrected chi connectivity index (χ0v) is 15.0. The van der Waals surface area contributed by atoms with E-state index in [9.17, 15) is 14.7 Å². The number of carbonyl (C=O) groups is 2. The van der Waals surface area contributed by atoms with Crippen molar-refractivity contribution >= 4 is 11.8 Å². The molecule has 0 aliphatic rings. The number of methoxy groups -OCH3 is 1. The largest absolute Gasteiger partial charge is 0.507 e. The number of rotatable bonds is 8. The molecule has 0 atom stereocenters. The molecule has 0 heterocycles. The van der Waals surface area contributed by atoms with Gasteiger partial charge in [0.05, 0.1) is 18.2 Å². The molecule has 0 aliphatic carbocycles. The van der Waals surface area contributed by atoms with Gasteiger partial charge in [-0.05, 0) is 37.6 Å². The van der Waals surface area contributed by atoms with E-state index in [4.69, 9.17) is 14.6 Å². The Balaban J connectivity index is 2.30. The van der Waals surface area contributed by atoms with E-state index in [1.54, 1.807) is 12.1 Å². The number of ether oxygens (including phenoxy) is 2. The number of carboxylic acid groups (broad SMARTS) is 1. The van der Waals surface area contributed by atoms with Crippen molar-refractivity contribution in [2.45, 2.75) is 33.3 Å². The maximum atomic E-state index is 11.6. The average molecular weight is 358 g/mol. The first-order valence-electron chi connectivity index (χ1n) is 8.27. The van der Waals surface area contributed by atoms with Crippen molar-refractivity contribution in [1.82, 2.24) is 0 Å². The van der Waals surface area contributed by atoms with E-state index in [-0.39, 0.29) is 29.3 Å². The molecule has 0 fully saturated rings. The molecule has 2 aromatic rings. The lowest BCUT2D eigenvalue weighted by molar-refractivity contribution is 0.0696. The van der Waals surface area contributed by atoms with Gasteiger partial charge in [-0.2, -0.15) is 0 Å². The van der Waals surface area contributed by atoms with Crippen LogP contribution in [0, 0.1) is 0 Å². The quantitative estimate of drug-likeness (QED) is 0.697. The molecule has 26 heavy (non-hydrogen) atoms. The highest BCUT2D eigenvalue weighted by atomic mass is 16.5. The number of aromatic carboxylic acids is 1. The van der Waals surface area contributed by atoms with Gasteiger partial charge in [0, 0.05) is 11.1 Å². The SMILES string of the molecule is CCCc1c(OCc2ccc(C(=O)O)cc2OC)ccc(C(C)=O)c1O. The van der Waals surface area contributed by atoms with Gasteiger partial charge in [0.2, 0.25) is 0 Å². The van der Waals surface area contributed by atoms with Crippen molar-refractivity contribution in [2.24, 2.45) is 0 Å². The second kappa shape index (κ2) is 8.38. The Morgan fingerprint density at radius 1 is 1.12 bits per heavy atom. The minimum absolute atomic E-state index is 0.0509. The number of Topliss-reactive ketones (excluding diaryl/α,β-unsaturated/α-hetero) is 1. The van der Waals surface area contributed by atoms with Crippen LogP contribution in [0.3, 0.4) is 0 Å². The van der Waals surface area contributed by atoms with Crippen LogP contribution in [0.25, 0.3) is 0 Å². The highest BCUT2D eigenvalue weighted by Gasteiger charge is 2.17. The predicted octanol–water partition coefficient (Wildman–Crippen LogP) is 3.83. The van der Waals surface area contributed by atoms with E-state index in [0.717, 1.165) is 6.42 Å². The Morgan fingerprint density at radius 2 is 1.85 bits per heavy atom. The molecule has 6 heteroatoms. The second-order valence-electron chi connectivity index (χ2n) is 5.87. The molecule has 0 spiro atoms. The summed E-state index contributed by atoms with van der Waals surface area (Å²) in [5.74, 6) is -0.404. The molecule has 0 aromatic heterocycles. The number of hydrogen-bond acceptors (Lipinski definition) is 5. The number of phenols is 1. The lowest BCUT2D eigenvalue weighted by atomic mass is 10.0. The molecule has 0 saturated carbocycles. The summed E-state index contributed by atoms with van der Waals surface area (Å²) < 4.78 is 11.1. The predicted molar refractivity (Wildman–Crippen MR) is 96.4 cm³/mol. The van der Waals surface area contributed by atoms with Crippen molar-refractivity contribution in [3.63, 3.8) is 0 Å². The monoisotopic (exact) mass is 358 g/mol. The summed E-state index contributed by atoms with van der Waals surface area (Å²) in [6.45, 7) is 3.51. The molecule has 0 unspecified atom stereocenters. The fraction of sp³-hybridized carbons (Fsp3) is 0.300. The first kappa shape index (κ1) is 19.3. The number of phenolic OH excluding ortho intramolecular Hbond substituents is 1. The Morgan fingerprint density at radius 3 is 2.42 bits per heavy atom. The number of benzene rings is 2. The van der Waals surface area contributed by atoms with Gasteiger partial charge in [-0.3, -0.25) is 4.79 Å². The number of carbonyl (C=O) groups excluding carboxylic acids is 1. The highest BCUT2D eigenvalue weighted by molar-refractivity contribution is 5.97. The van der Waals surface area contributed by atoms with E-state index in [2.05, 4.69) is 0 Å². The number of aromatic hydroxyl groups is 1. The fourth-order valence-electron chi connectivity index (χ4n) is 2.68. The van der Waals surface area contributed by atoms with Crippen LogP contribution >= 0.6 is 0 Å². The number of hydrogen-bond donors (Lipinski definition) is 2. The topological polar surface area (TPSA) is 93.1 Å². The lowest BCUT2D eigenvalue weighted by Gasteiger charge is -2.16. The molecule has 0 amide bonds. The zero-order chi connectivity index (χ0) is 19.3. The summed E-state index contributed by atoms with van der Waals surface area (Å²) in [6, 6.07) is 7.75. The molecule has 2 rings (SSSR count). The van der Waals surface area contributed by atoms with Crippen molar-refractivity contribution in [1.29, 1.82) is 0 Å². The van der Waals surface area contributed by atoms with Crippen LogP contribution in [0.1, 0.15) is 52.1 Å². The smallest absolute Gasteiger partial charge is 0.335 e. The molecule has 2 aromatic carbocycles. The summed E-state index contributed by atoms with van der Waals surface area (Å²) in [4.78, 5) is 22.7. The molecule has 0 aliphatic heterocycles. The van der Waals surface area contributed by atoms with Gasteiger partial charge < -0.3 is 19.7 Å². The third kappa shape index (κ3) is 4.14. The van der Waals surface area contributed by atoms with E-state index in [1.807, 2.05) is 6.92 Å². The van der Waals surface area contributed by atoms with Crippen molar-refractivity contribution < 1.29 is 29.3 Å². The number of ketones is 1. The molecule has 6 nitrogen and oxygen atoms in total. The van der Waals surface area contributed by atoms with Gasteiger partial charge in [-0.1, -0.05) is 19.4 Å². The van der Waals surface area contributed by atoms with Crippen LogP contribution in [0.2, 0.25) is 0 Å². The zero-order valence-electron chi connectivity index (χ0n) is 15.0. The molecular weight excluding hydrogens is 336 g/mol. The minimum atomic E-state index is -1.04. The van der Waals surface area contributed by atoms with Crippen LogP contribution < -0.4 is 9.47 Å². The van der Waals surface area contributed by atoms with E-state index >= 15 is 0 Å². The van der Waals surface area contributed by atoms with Crippen molar-refractivity contribution in [3.05, 3.63) is 52.6 Å². The third-order valence-electron chi connectivity index (χ3n) is 4.04. The number of carboxylic acids is 1. The van der Waals surface area contributed by atoms with Gasteiger partial charge in [0.15, 0.2) is 5.78 Å². The Hall–Kier alpha value is -3.02. The first-order chi connectivity index (χ1) is 12.4. The summed E-state index contributed by atoms with van der Waals surface area (Å²) in [6.07, 6.45) is 1.35. The Kier molecular flexibility index (Phi) is 6.22. The highest BCUT2D eigenvalue weighted by Crippen LogP contribution is 2.34. The molecule has 0 saturated heterocycles. The van der Waals surface area contributed by atoms with Crippen molar-refractivity contribution in [2.75, 3.05) is 7.11 Å². The van der Waals surface area contributed by atoms with Gasteiger partial charge in [-0.15, -0.1) is 0 Å². The van der Waals surface area contributed by atoms with Crippen LogP contribution in [-0.2, 0) is 13.0 Å². The van der Waals surface area contributed by atoms with Crippen LogP contribution in [0.4, 0.5) is 0 Å². The van der Waals surface area contributed by atoms with Crippen molar-refractivity contribution in [3.8, 4) is 17.2 Å². The minimum Gasteiger partial charge on any atom is -0.507 e. The maximum Gasteiger partial charge on any atom is 0.335 e. The third-order valence-corrected chi connectivity index (χ3v) is 4.04. The Bertz CT molecular complexity index is 825. The second-order valence-corrected chi connectivity index (χ2v) is 5.87. The molecule has 0 bridgehead atoms. The summed E-state index contributed by atoms with van der Waals surface area (Å²) >= 11 is 0. The fourth-order valence-corrected chi connectivity index (χ4v) is 2.68. The van der Waals surface area contributed by atoms with Gasteiger partial charge >= 0.3 is 5.97 Å².